The van der Waals surface area contributed by atoms with E-state index >= 15 is 0 Å². The standard InChI is InChI=1S/C20H17ClN2O4/c21-17-9-5-4-6-15(17)14-27-20(25)18-10-11-19(24)23(22-18)12-13-26-16-7-2-1-3-8-16/h1-11H,12-14H2. The molecule has 3 aromatic rings. The number of benzene rings is 2. The van der Waals surface area contributed by atoms with Crippen LogP contribution < -0.4 is 10.3 Å². The average molecular weight is 385 g/mol. The number of hydrogen-bond acceptors (Lipinski definition) is 5. The van der Waals surface area contributed by atoms with Crippen LogP contribution in [-0.4, -0.2) is 22.4 Å². The molecule has 3 rings (SSSR count). The molecule has 2 aromatic carbocycles. The minimum absolute atomic E-state index is 0.0242. The van der Waals surface area contributed by atoms with Gasteiger partial charge < -0.3 is 9.47 Å². The molecule has 1 aromatic heterocycles. The number of esters is 1. The summed E-state index contributed by atoms with van der Waals surface area (Å²) in [5.41, 5.74) is 0.410. The molecule has 0 radical (unpaired) electrons. The van der Waals surface area contributed by atoms with Crippen LogP contribution in [0.15, 0.2) is 71.5 Å². The van der Waals surface area contributed by atoms with Gasteiger partial charge in [-0.1, -0.05) is 48.0 Å². The predicted octanol–water partition coefficient (Wildman–Crippen LogP) is 3.33. The zero-order chi connectivity index (χ0) is 19.1. The van der Waals surface area contributed by atoms with E-state index in [-0.39, 0.29) is 31.0 Å². The van der Waals surface area contributed by atoms with Gasteiger partial charge in [-0.15, -0.1) is 0 Å². The van der Waals surface area contributed by atoms with Crippen molar-refractivity contribution < 1.29 is 14.3 Å². The van der Waals surface area contributed by atoms with E-state index in [4.69, 9.17) is 21.1 Å². The van der Waals surface area contributed by atoms with Crippen molar-refractivity contribution in [2.75, 3.05) is 6.61 Å². The maximum absolute atomic E-state index is 12.2. The fourth-order valence-electron chi connectivity index (χ4n) is 2.32. The summed E-state index contributed by atoms with van der Waals surface area (Å²) >= 11 is 6.04. The predicted molar refractivity (Wildman–Crippen MR) is 101 cm³/mol. The molecule has 0 atom stereocenters. The number of halogens is 1. The lowest BCUT2D eigenvalue weighted by Gasteiger charge is -2.09. The molecule has 1 heterocycles. The van der Waals surface area contributed by atoms with Crippen LogP contribution in [0.5, 0.6) is 5.75 Å². The zero-order valence-electron chi connectivity index (χ0n) is 14.4. The Balaban J connectivity index is 1.61. The number of hydrogen-bond donors (Lipinski definition) is 0. The fourth-order valence-corrected chi connectivity index (χ4v) is 2.51. The van der Waals surface area contributed by atoms with E-state index in [9.17, 15) is 9.59 Å². The van der Waals surface area contributed by atoms with E-state index in [2.05, 4.69) is 5.10 Å². The Morgan fingerprint density at radius 1 is 1.00 bits per heavy atom. The molecule has 27 heavy (non-hydrogen) atoms. The first-order chi connectivity index (χ1) is 13.1. The van der Waals surface area contributed by atoms with Gasteiger partial charge in [-0.05, 0) is 24.3 Å². The van der Waals surface area contributed by atoms with Crippen molar-refractivity contribution in [3.8, 4) is 5.75 Å². The molecule has 0 aliphatic heterocycles. The van der Waals surface area contributed by atoms with Crippen molar-refractivity contribution >= 4 is 17.6 Å². The molecule has 0 spiro atoms. The lowest BCUT2D eigenvalue weighted by molar-refractivity contribution is 0.0462. The topological polar surface area (TPSA) is 70.4 Å². The normalized spacial score (nSPS) is 10.4. The number of para-hydroxylation sites is 1. The molecule has 138 valence electrons. The first-order valence-corrected chi connectivity index (χ1v) is 8.68. The molecule has 7 heteroatoms. The molecule has 6 nitrogen and oxygen atoms in total. The number of aromatic nitrogens is 2. The molecule has 0 aliphatic carbocycles. The van der Waals surface area contributed by atoms with Crippen molar-refractivity contribution in [3.05, 3.63) is 93.4 Å². The van der Waals surface area contributed by atoms with Crippen LogP contribution in [0.1, 0.15) is 16.1 Å². The smallest absolute Gasteiger partial charge is 0.359 e. The van der Waals surface area contributed by atoms with Gasteiger partial charge >= 0.3 is 5.97 Å². The number of nitrogens with zero attached hydrogens (tertiary/aromatic N) is 2. The van der Waals surface area contributed by atoms with Crippen LogP contribution in [0, 0.1) is 0 Å². The Kier molecular flexibility index (Phi) is 6.22. The van der Waals surface area contributed by atoms with E-state index in [1.54, 1.807) is 24.3 Å². The van der Waals surface area contributed by atoms with Crippen molar-refractivity contribution in [1.29, 1.82) is 0 Å². The highest BCUT2D eigenvalue weighted by Crippen LogP contribution is 2.16. The molecule has 0 saturated heterocycles. The molecule has 0 bridgehead atoms. The van der Waals surface area contributed by atoms with Gasteiger partial charge in [0.2, 0.25) is 0 Å². The van der Waals surface area contributed by atoms with Gasteiger partial charge in [0.05, 0.1) is 6.54 Å². The molecule has 0 fully saturated rings. The van der Waals surface area contributed by atoms with Crippen LogP contribution >= 0.6 is 11.6 Å². The van der Waals surface area contributed by atoms with Crippen LogP contribution in [0.2, 0.25) is 5.02 Å². The van der Waals surface area contributed by atoms with Crippen molar-refractivity contribution in [1.82, 2.24) is 9.78 Å². The summed E-state index contributed by atoms with van der Waals surface area (Å²) in [5, 5.41) is 4.57. The van der Waals surface area contributed by atoms with Gasteiger partial charge in [-0.25, -0.2) is 9.48 Å². The minimum Gasteiger partial charge on any atom is -0.492 e. The molecule has 0 saturated carbocycles. The summed E-state index contributed by atoms with van der Waals surface area (Å²) in [6.07, 6.45) is 0. The third kappa shape index (κ3) is 5.18. The largest absolute Gasteiger partial charge is 0.492 e. The summed E-state index contributed by atoms with van der Waals surface area (Å²) in [6, 6.07) is 18.9. The van der Waals surface area contributed by atoms with Crippen LogP contribution in [0.25, 0.3) is 0 Å². The average Bonchev–Trinajstić information content (AvgIpc) is 2.69. The van der Waals surface area contributed by atoms with E-state index in [0.717, 1.165) is 0 Å². The fraction of sp³-hybridized carbons (Fsp3) is 0.150. The quantitative estimate of drug-likeness (QED) is 0.584. The van der Waals surface area contributed by atoms with Crippen LogP contribution in [0.3, 0.4) is 0 Å². The van der Waals surface area contributed by atoms with Crippen molar-refractivity contribution in [2.24, 2.45) is 0 Å². The summed E-state index contributed by atoms with van der Waals surface area (Å²) in [5.74, 6) is 0.0634. The Bertz CT molecular complexity index is 973. The molecular weight excluding hydrogens is 368 g/mol. The van der Waals surface area contributed by atoms with Crippen LogP contribution in [-0.2, 0) is 17.9 Å². The second-order valence-electron chi connectivity index (χ2n) is 5.61. The second-order valence-corrected chi connectivity index (χ2v) is 6.02. The maximum Gasteiger partial charge on any atom is 0.359 e. The number of carbonyl (C=O) groups is 1. The summed E-state index contributed by atoms with van der Waals surface area (Å²) in [4.78, 5) is 24.1. The Morgan fingerprint density at radius 3 is 2.52 bits per heavy atom. The lowest BCUT2D eigenvalue weighted by Crippen LogP contribution is -2.27. The SMILES string of the molecule is O=C(OCc1ccccc1Cl)c1ccc(=O)n(CCOc2ccccc2)n1. The van der Waals surface area contributed by atoms with Gasteiger partial charge in [0.1, 0.15) is 19.0 Å². The highest BCUT2D eigenvalue weighted by molar-refractivity contribution is 6.31. The van der Waals surface area contributed by atoms with Crippen molar-refractivity contribution in [2.45, 2.75) is 13.2 Å². The van der Waals surface area contributed by atoms with Gasteiger partial charge in [-0.2, -0.15) is 5.10 Å². The second kappa shape index (κ2) is 9.00. The van der Waals surface area contributed by atoms with Crippen LogP contribution in [0.4, 0.5) is 0 Å². The van der Waals surface area contributed by atoms with E-state index in [1.165, 1.54) is 16.8 Å². The number of rotatable bonds is 7. The summed E-state index contributed by atoms with van der Waals surface area (Å²) in [6.45, 7) is 0.477. The molecule has 0 N–H and O–H groups in total. The molecular formula is C20H17ClN2O4. The number of ether oxygens (including phenoxy) is 2. The van der Waals surface area contributed by atoms with Gasteiger partial charge in [0.15, 0.2) is 5.69 Å². The Labute approximate surface area is 160 Å². The monoisotopic (exact) mass is 384 g/mol. The highest BCUT2D eigenvalue weighted by atomic mass is 35.5. The first kappa shape index (κ1) is 18.7. The van der Waals surface area contributed by atoms with Crippen molar-refractivity contribution in [3.63, 3.8) is 0 Å². The van der Waals surface area contributed by atoms with Gasteiger partial charge in [0, 0.05) is 16.7 Å². The van der Waals surface area contributed by atoms with E-state index in [0.29, 0.717) is 16.3 Å². The van der Waals surface area contributed by atoms with Gasteiger partial charge in [0.25, 0.3) is 5.56 Å². The zero-order valence-corrected chi connectivity index (χ0v) is 15.1. The third-order valence-corrected chi connectivity index (χ3v) is 4.08. The maximum atomic E-state index is 12.2. The Hall–Kier alpha value is -3.12. The van der Waals surface area contributed by atoms with Gasteiger partial charge in [-0.3, -0.25) is 4.79 Å². The molecule has 0 aliphatic rings. The van der Waals surface area contributed by atoms with E-state index < -0.39 is 5.97 Å². The lowest BCUT2D eigenvalue weighted by atomic mass is 10.2. The first-order valence-electron chi connectivity index (χ1n) is 8.30. The summed E-state index contributed by atoms with van der Waals surface area (Å²) in [7, 11) is 0. The molecule has 0 amide bonds. The third-order valence-electron chi connectivity index (χ3n) is 3.71. The van der Waals surface area contributed by atoms with E-state index in [1.807, 2.05) is 30.3 Å². The Morgan fingerprint density at radius 2 is 1.74 bits per heavy atom. The summed E-state index contributed by atoms with van der Waals surface area (Å²) < 4.78 is 12.0. The molecule has 0 unspecified atom stereocenters. The minimum atomic E-state index is -0.632. The highest BCUT2D eigenvalue weighted by Gasteiger charge is 2.12. The number of carbonyl (C=O) groups excluding carboxylic acids is 1.